The van der Waals surface area contributed by atoms with Gasteiger partial charge in [-0.15, -0.1) is 0 Å². The third kappa shape index (κ3) is 4.80. The molecule has 1 aromatic rings. The van der Waals surface area contributed by atoms with E-state index in [1.807, 2.05) is 6.92 Å². The first-order valence-corrected chi connectivity index (χ1v) is 8.01. The van der Waals surface area contributed by atoms with Crippen LogP contribution in [0.5, 0.6) is 5.75 Å². The zero-order chi connectivity index (χ0) is 14.5. The summed E-state index contributed by atoms with van der Waals surface area (Å²) in [5.41, 5.74) is 0.677. The Morgan fingerprint density at radius 3 is 2.68 bits per heavy atom. The first-order chi connectivity index (χ1) is 8.89. The predicted octanol–water partition coefficient (Wildman–Crippen LogP) is 1.92. The van der Waals surface area contributed by atoms with Gasteiger partial charge in [-0.25, -0.2) is 12.8 Å². The fourth-order valence-corrected chi connectivity index (χ4v) is 2.19. The molecule has 0 aliphatic carbocycles. The molecule has 4 nitrogen and oxygen atoms in total. The highest BCUT2D eigenvalue weighted by atomic mass is 32.2. The highest BCUT2D eigenvalue weighted by molar-refractivity contribution is 7.91. The van der Waals surface area contributed by atoms with Crippen molar-refractivity contribution in [2.75, 3.05) is 25.2 Å². The highest BCUT2D eigenvalue weighted by Crippen LogP contribution is 2.25. The second-order valence-electron chi connectivity index (χ2n) is 4.28. The monoisotopic (exact) mass is 289 g/mol. The summed E-state index contributed by atoms with van der Waals surface area (Å²) >= 11 is 0. The van der Waals surface area contributed by atoms with Gasteiger partial charge < -0.3 is 10.1 Å². The molecule has 0 spiro atoms. The van der Waals surface area contributed by atoms with Crippen molar-refractivity contribution in [3.05, 3.63) is 29.6 Å². The fraction of sp³-hybridized carbons (Fsp3) is 0.538. The Labute approximate surface area is 113 Å². The lowest BCUT2D eigenvalue weighted by molar-refractivity contribution is 0.333. The van der Waals surface area contributed by atoms with Crippen LogP contribution < -0.4 is 10.1 Å². The lowest BCUT2D eigenvalue weighted by Gasteiger charge is -2.16. The minimum atomic E-state index is -3.05. The van der Waals surface area contributed by atoms with E-state index in [0.717, 1.165) is 0 Å². The van der Waals surface area contributed by atoms with Crippen LogP contribution in [-0.4, -0.2) is 33.6 Å². The summed E-state index contributed by atoms with van der Waals surface area (Å²) in [5, 5.41) is 3.00. The van der Waals surface area contributed by atoms with E-state index < -0.39 is 9.84 Å². The van der Waals surface area contributed by atoms with Crippen LogP contribution in [-0.2, 0) is 9.84 Å². The number of hydrogen-bond acceptors (Lipinski definition) is 4. The van der Waals surface area contributed by atoms with Crippen molar-refractivity contribution in [2.24, 2.45) is 0 Å². The summed E-state index contributed by atoms with van der Waals surface area (Å²) in [4.78, 5) is 0. The standard InChI is InChI=1S/C13H20FNO3S/c1-4-19(16,17)8-7-18-13-6-5-11(14)9-12(13)10(2)15-3/h5-6,9-10,15H,4,7-8H2,1-3H3. The summed E-state index contributed by atoms with van der Waals surface area (Å²) in [6.45, 7) is 3.55. The number of hydrogen-bond donors (Lipinski definition) is 1. The van der Waals surface area contributed by atoms with E-state index in [4.69, 9.17) is 4.74 Å². The van der Waals surface area contributed by atoms with Crippen molar-refractivity contribution in [1.29, 1.82) is 0 Å². The van der Waals surface area contributed by atoms with Crippen molar-refractivity contribution in [3.63, 3.8) is 0 Å². The van der Waals surface area contributed by atoms with Gasteiger partial charge in [-0.2, -0.15) is 0 Å². The summed E-state index contributed by atoms with van der Waals surface area (Å²) in [7, 11) is -1.29. The molecule has 1 N–H and O–H groups in total. The van der Waals surface area contributed by atoms with Crippen LogP contribution in [0, 0.1) is 5.82 Å². The largest absolute Gasteiger partial charge is 0.492 e. The van der Waals surface area contributed by atoms with E-state index in [0.29, 0.717) is 11.3 Å². The molecule has 0 amide bonds. The zero-order valence-electron chi connectivity index (χ0n) is 11.4. The maximum absolute atomic E-state index is 13.2. The fourth-order valence-electron chi connectivity index (χ4n) is 1.57. The maximum Gasteiger partial charge on any atom is 0.153 e. The molecule has 1 atom stereocenters. The van der Waals surface area contributed by atoms with Crippen LogP contribution in [0.4, 0.5) is 4.39 Å². The highest BCUT2D eigenvalue weighted by Gasteiger charge is 2.13. The lowest BCUT2D eigenvalue weighted by atomic mass is 10.1. The van der Waals surface area contributed by atoms with Gasteiger partial charge >= 0.3 is 0 Å². The molecule has 1 rings (SSSR count). The third-order valence-electron chi connectivity index (χ3n) is 2.96. The van der Waals surface area contributed by atoms with Gasteiger partial charge in [0.05, 0.1) is 5.75 Å². The maximum atomic E-state index is 13.2. The van der Waals surface area contributed by atoms with Gasteiger partial charge in [-0.1, -0.05) is 6.92 Å². The van der Waals surface area contributed by atoms with Crippen molar-refractivity contribution < 1.29 is 17.5 Å². The Kier molecular flexibility index (Phi) is 5.75. The van der Waals surface area contributed by atoms with Gasteiger partial charge in [-0.05, 0) is 32.2 Å². The molecule has 108 valence electrons. The Morgan fingerprint density at radius 2 is 2.11 bits per heavy atom. The molecule has 0 heterocycles. The van der Waals surface area contributed by atoms with E-state index in [9.17, 15) is 12.8 Å². The molecule has 0 saturated heterocycles. The Bertz CT molecular complexity index is 517. The average molecular weight is 289 g/mol. The lowest BCUT2D eigenvalue weighted by Crippen LogP contribution is -2.18. The summed E-state index contributed by atoms with van der Waals surface area (Å²) in [6.07, 6.45) is 0. The van der Waals surface area contributed by atoms with Gasteiger partial charge in [0, 0.05) is 17.4 Å². The first kappa shape index (κ1) is 15.9. The molecule has 0 bridgehead atoms. The van der Waals surface area contributed by atoms with Crippen molar-refractivity contribution in [2.45, 2.75) is 19.9 Å². The second kappa shape index (κ2) is 6.86. The third-order valence-corrected chi connectivity index (χ3v) is 4.63. The molecular weight excluding hydrogens is 269 g/mol. The van der Waals surface area contributed by atoms with E-state index in [1.54, 1.807) is 14.0 Å². The van der Waals surface area contributed by atoms with Crippen LogP contribution >= 0.6 is 0 Å². The molecule has 0 aliphatic heterocycles. The SMILES string of the molecule is CCS(=O)(=O)CCOc1ccc(F)cc1C(C)NC. The topological polar surface area (TPSA) is 55.4 Å². The van der Waals surface area contributed by atoms with E-state index in [2.05, 4.69) is 5.32 Å². The van der Waals surface area contributed by atoms with Gasteiger partial charge in [0.1, 0.15) is 18.2 Å². The van der Waals surface area contributed by atoms with E-state index in [1.165, 1.54) is 18.2 Å². The predicted molar refractivity (Wildman–Crippen MR) is 73.7 cm³/mol. The van der Waals surface area contributed by atoms with Gasteiger partial charge in [0.15, 0.2) is 9.84 Å². The van der Waals surface area contributed by atoms with E-state index in [-0.39, 0.29) is 30.0 Å². The second-order valence-corrected chi connectivity index (χ2v) is 6.75. The summed E-state index contributed by atoms with van der Waals surface area (Å²) < 4.78 is 41.4. The number of benzene rings is 1. The van der Waals surface area contributed by atoms with Crippen LogP contribution in [0.1, 0.15) is 25.5 Å². The molecule has 0 saturated carbocycles. The van der Waals surface area contributed by atoms with Crippen molar-refractivity contribution >= 4 is 9.84 Å². The normalized spacial score (nSPS) is 13.3. The average Bonchev–Trinajstić information content (AvgIpc) is 2.39. The minimum Gasteiger partial charge on any atom is -0.492 e. The van der Waals surface area contributed by atoms with Gasteiger partial charge in [0.2, 0.25) is 0 Å². The summed E-state index contributed by atoms with van der Waals surface area (Å²) in [6, 6.07) is 4.14. The molecule has 19 heavy (non-hydrogen) atoms. The molecule has 0 radical (unpaired) electrons. The molecule has 0 fully saturated rings. The molecule has 0 aromatic heterocycles. The van der Waals surface area contributed by atoms with Crippen molar-refractivity contribution in [3.8, 4) is 5.75 Å². The van der Waals surface area contributed by atoms with Gasteiger partial charge in [0.25, 0.3) is 0 Å². The molecule has 1 aromatic carbocycles. The van der Waals surface area contributed by atoms with Crippen LogP contribution in [0.2, 0.25) is 0 Å². The quantitative estimate of drug-likeness (QED) is 0.833. The van der Waals surface area contributed by atoms with E-state index >= 15 is 0 Å². The molecule has 0 aliphatic rings. The van der Waals surface area contributed by atoms with Gasteiger partial charge in [-0.3, -0.25) is 0 Å². The Balaban J connectivity index is 2.78. The smallest absolute Gasteiger partial charge is 0.153 e. The molecule has 1 unspecified atom stereocenters. The Morgan fingerprint density at radius 1 is 1.42 bits per heavy atom. The first-order valence-electron chi connectivity index (χ1n) is 6.19. The minimum absolute atomic E-state index is 0.0335. The van der Waals surface area contributed by atoms with Crippen LogP contribution in [0.25, 0.3) is 0 Å². The number of ether oxygens (including phenoxy) is 1. The van der Waals surface area contributed by atoms with Crippen LogP contribution in [0.3, 0.4) is 0 Å². The molecular formula is C13H20FNO3S. The summed E-state index contributed by atoms with van der Waals surface area (Å²) in [5.74, 6) is 0.230. The number of rotatable bonds is 7. The molecule has 6 heteroatoms. The number of halogens is 1. The zero-order valence-corrected chi connectivity index (χ0v) is 12.3. The van der Waals surface area contributed by atoms with Crippen LogP contribution in [0.15, 0.2) is 18.2 Å². The van der Waals surface area contributed by atoms with Crippen molar-refractivity contribution in [1.82, 2.24) is 5.32 Å². The number of nitrogens with one attached hydrogen (secondary N) is 1. The number of sulfone groups is 1. The Hall–Kier alpha value is -1.14.